The highest BCUT2D eigenvalue weighted by Gasteiger charge is 2.19. The summed E-state index contributed by atoms with van der Waals surface area (Å²) in [6.07, 6.45) is 0. The van der Waals surface area contributed by atoms with E-state index >= 15 is 0 Å². The monoisotopic (exact) mass is 351 g/mol. The van der Waals surface area contributed by atoms with Crippen molar-refractivity contribution in [1.82, 2.24) is 20.6 Å². The number of rotatable bonds is 4. The van der Waals surface area contributed by atoms with Gasteiger partial charge in [-0.05, 0) is 17.3 Å². The zero-order valence-electron chi connectivity index (χ0n) is 11.0. The number of H-pyrrole nitrogens is 1. The lowest BCUT2D eigenvalue weighted by Gasteiger charge is -2.09. The highest BCUT2D eigenvalue weighted by molar-refractivity contribution is 7.89. The number of nitriles is 2. The number of anilines is 1. The van der Waals surface area contributed by atoms with Gasteiger partial charge >= 0.3 is 0 Å². The van der Waals surface area contributed by atoms with Crippen LogP contribution in [0.25, 0.3) is 11.4 Å². The number of hydrogen-bond acceptors (Lipinski definition) is 9. The van der Waals surface area contributed by atoms with E-state index in [0.29, 0.717) is 0 Å². The number of nitrogens with two attached hydrogens (primary N) is 1. The van der Waals surface area contributed by atoms with Crippen molar-refractivity contribution < 1.29 is 8.42 Å². The Morgan fingerprint density at radius 1 is 1.39 bits per heavy atom. The number of tetrazole rings is 1. The van der Waals surface area contributed by atoms with E-state index in [1.807, 2.05) is 0 Å². The molecule has 23 heavy (non-hydrogen) atoms. The van der Waals surface area contributed by atoms with Gasteiger partial charge in [0.05, 0.1) is 10.7 Å². The average Bonchev–Trinajstić information content (AvgIpc) is 3.01. The summed E-state index contributed by atoms with van der Waals surface area (Å²) in [4.78, 5) is -0.353. The molecule has 0 saturated heterocycles. The zero-order chi connectivity index (χ0) is 17.0. The standard InChI is InChI=1S/C10H6ClN9O2S/c11-7-2-8(16-15-5(3-12)4-13)6(10-17-19-20-18-10)1-9(7)23(14,21)22/h1-2,16H,(H2,14,21,22)(H,17,18,19,20). The quantitative estimate of drug-likeness (QED) is 0.506. The lowest BCUT2D eigenvalue weighted by Crippen LogP contribution is -2.13. The number of halogens is 1. The van der Waals surface area contributed by atoms with E-state index in [1.165, 1.54) is 6.07 Å². The predicted octanol–water partition coefficient (Wildman–Crippen LogP) is -0.0174. The second kappa shape index (κ2) is 6.37. The molecule has 11 nitrogen and oxygen atoms in total. The fourth-order valence-electron chi connectivity index (χ4n) is 1.52. The summed E-state index contributed by atoms with van der Waals surface area (Å²) in [6.45, 7) is 0. The Morgan fingerprint density at radius 3 is 2.61 bits per heavy atom. The van der Waals surface area contributed by atoms with Crippen LogP contribution in [0.5, 0.6) is 0 Å². The average molecular weight is 352 g/mol. The van der Waals surface area contributed by atoms with Gasteiger partial charge in [0.15, 0.2) is 0 Å². The zero-order valence-corrected chi connectivity index (χ0v) is 12.6. The fraction of sp³-hybridized carbons (Fsp3) is 0. The predicted molar refractivity (Wildman–Crippen MR) is 78.3 cm³/mol. The Kier molecular flexibility index (Phi) is 4.52. The maximum atomic E-state index is 11.5. The summed E-state index contributed by atoms with van der Waals surface area (Å²) in [5.41, 5.74) is 2.27. The van der Waals surface area contributed by atoms with Gasteiger partial charge in [0.1, 0.15) is 17.0 Å². The van der Waals surface area contributed by atoms with Crippen molar-refractivity contribution in [2.45, 2.75) is 4.90 Å². The Morgan fingerprint density at radius 2 is 2.09 bits per heavy atom. The molecular formula is C10H6ClN9O2S. The summed E-state index contributed by atoms with van der Waals surface area (Å²) in [6, 6.07) is 5.43. The van der Waals surface area contributed by atoms with E-state index in [1.54, 1.807) is 12.1 Å². The first kappa shape index (κ1) is 16.3. The molecular weight excluding hydrogens is 346 g/mol. The number of sulfonamides is 1. The molecule has 13 heteroatoms. The maximum Gasteiger partial charge on any atom is 0.239 e. The molecule has 0 atom stereocenters. The van der Waals surface area contributed by atoms with Crippen molar-refractivity contribution in [3.05, 3.63) is 17.2 Å². The molecule has 0 radical (unpaired) electrons. The van der Waals surface area contributed by atoms with Crippen molar-refractivity contribution in [1.29, 1.82) is 10.5 Å². The van der Waals surface area contributed by atoms with Crippen molar-refractivity contribution >= 4 is 33.0 Å². The van der Waals surface area contributed by atoms with Crippen LogP contribution in [0.2, 0.25) is 5.02 Å². The highest BCUT2D eigenvalue weighted by atomic mass is 35.5. The summed E-state index contributed by atoms with van der Waals surface area (Å²) in [5, 5.41) is 38.8. The molecule has 4 N–H and O–H groups in total. The van der Waals surface area contributed by atoms with Gasteiger partial charge < -0.3 is 0 Å². The largest absolute Gasteiger partial charge is 0.276 e. The van der Waals surface area contributed by atoms with Crippen LogP contribution in [-0.2, 0) is 10.0 Å². The minimum Gasteiger partial charge on any atom is -0.276 e. The first-order valence-electron chi connectivity index (χ1n) is 5.61. The first-order chi connectivity index (χ1) is 10.9. The number of nitrogens with zero attached hydrogens (tertiary/aromatic N) is 6. The highest BCUT2D eigenvalue weighted by Crippen LogP contribution is 2.33. The van der Waals surface area contributed by atoms with Crippen molar-refractivity contribution in [3.8, 4) is 23.5 Å². The van der Waals surface area contributed by atoms with Crippen LogP contribution in [0, 0.1) is 22.7 Å². The SMILES string of the molecule is N#CC(C#N)=NNc1cc(Cl)c(S(N)(=O)=O)cc1-c1nn[nH]n1. The third-order valence-corrected chi connectivity index (χ3v) is 3.84. The number of primary sulfonamides is 1. The molecule has 2 aromatic rings. The van der Waals surface area contributed by atoms with Crippen molar-refractivity contribution in [3.63, 3.8) is 0 Å². The van der Waals surface area contributed by atoms with Crippen LogP contribution in [0.15, 0.2) is 22.1 Å². The lowest BCUT2D eigenvalue weighted by atomic mass is 10.1. The van der Waals surface area contributed by atoms with E-state index < -0.39 is 15.7 Å². The van der Waals surface area contributed by atoms with Gasteiger partial charge in [-0.3, -0.25) is 5.43 Å². The van der Waals surface area contributed by atoms with E-state index in [4.69, 9.17) is 27.3 Å². The molecule has 1 aromatic carbocycles. The molecule has 0 bridgehead atoms. The lowest BCUT2D eigenvalue weighted by molar-refractivity contribution is 0.598. The van der Waals surface area contributed by atoms with Crippen molar-refractivity contribution in [2.75, 3.05) is 5.43 Å². The molecule has 0 fully saturated rings. The van der Waals surface area contributed by atoms with Crippen LogP contribution in [0.1, 0.15) is 0 Å². The first-order valence-corrected chi connectivity index (χ1v) is 7.53. The van der Waals surface area contributed by atoms with E-state index in [9.17, 15) is 8.42 Å². The molecule has 0 aliphatic carbocycles. The minimum atomic E-state index is -4.09. The van der Waals surface area contributed by atoms with Gasteiger partial charge in [0.25, 0.3) is 0 Å². The van der Waals surface area contributed by atoms with Gasteiger partial charge in [-0.2, -0.15) is 20.8 Å². The summed E-state index contributed by atoms with van der Waals surface area (Å²) < 4.78 is 23.1. The van der Waals surface area contributed by atoms with Gasteiger partial charge in [-0.25, -0.2) is 13.6 Å². The van der Waals surface area contributed by atoms with Gasteiger partial charge in [0.2, 0.25) is 21.6 Å². The van der Waals surface area contributed by atoms with E-state index in [-0.39, 0.29) is 27.0 Å². The number of benzene rings is 1. The Labute approximate surface area is 134 Å². The number of aromatic nitrogens is 4. The topological polar surface area (TPSA) is 187 Å². The molecule has 0 aliphatic rings. The van der Waals surface area contributed by atoms with Crippen LogP contribution in [0.3, 0.4) is 0 Å². The van der Waals surface area contributed by atoms with Gasteiger partial charge in [-0.15, -0.1) is 10.2 Å². The van der Waals surface area contributed by atoms with Crippen LogP contribution in [0.4, 0.5) is 5.69 Å². The Balaban J connectivity index is 2.63. The number of nitrogens with one attached hydrogen (secondary N) is 2. The third-order valence-electron chi connectivity index (χ3n) is 2.46. The molecule has 0 aliphatic heterocycles. The molecule has 0 unspecified atom stereocenters. The maximum absolute atomic E-state index is 11.5. The third kappa shape index (κ3) is 3.58. The molecule has 1 aromatic heterocycles. The second-order valence-corrected chi connectivity index (χ2v) is 5.84. The van der Waals surface area contributed by atoms with Crippen LogP contribution < -0.4 is 10.6 Å². The summed E-state index contributed by atoms with van der Waals surface area (Å²) >= 11 is 5.89. The molecule has 116 valence electrons. The van der Waals surface area contributed by atoms with E-state index in [2.05, 4.69) is 31.2 Å². The van der Waals surface area contributed by atoms with E-state index in [0.717, 1.165) is 6.07 Å². The summed E-state index contributed by atoms with van der Waals surface area (Å²) in [5.74, 6) is 0.0275. The molecule has 0 spiro atoms. The molecule has 2 rings (SSSR count). The Hall–Kier alpha value is -3.06. The Bertz CT molecular complexity index is 937. The fourth-order valence-corrected chi connectivity index (χ4v) is 2.62. The van der Waals surface area contributed by atoms with Crippen LogP contribution in [-0.4, -0.2) is 34.8 Å². The number of aromatic amines is 1. The number of hydrogen-bond donors (Lipinski definition) is 3. The smallest absolute Gasteiger partial charge is 0.239 e. The normalized spacial score (nSPS) is 10.4. The number of hydrazone groups is 1. The minimum absolute atomic E-state index is 0.0275. The van der Waals surface area contributed by atoms with Gasteiger partial charge in [0, 0.05) is 5.56 Å². The van der Waals surface area contributed by atoms with Crippen LogP contribution >= 0.6 is 11.6 Å². The van der Waals surface area contributed by atoms with Crippen molar-refractivity contribution in [2.24, 2.45) is 10.2 Å². The molecule has 0 saturated carbocycles. The second-order valence-electron chi connectivity index (χ2n) is 3.90. The summed E-state index contributed by atoms with van der Waals surface area (Å²) in [7, 11) is -4.09. The molecule has 0 amide bonds. The molecule has 1 heterocycles. The van der Waals surface area contributed by atoms with Gasteiger partial charge in [-0.1, -0.05) is 11.6 Å².